The predicted octanol–water partition coefficient (Wildman–Crippen LogP) is 2.36. The minimum atomic E-state index is -5.08. The standard InChI is InChI=1S/C16H17F3N2O3/c17-16(18,19)15(24)11-8-4-5-9-12(11)20-21(15)14(23)13(22)10-6-2-1-3-7-10/h1-3,6-7,11,13,22,24H,4-5,8-9H2/t11-,13+,15+/m0/s1. The Hall–Kier alpha value is -1.93. The summed E-state index contributed by atoms with van der Waals surface area (Å²) in [6.07, 6.45) is -5.33. The van der Waals surface area contributed by atoms with Crippen LogP contribution in [0.5, 0.6) is 0 Å². The first-order valence-corrected chi connectivity index (χ1v) is 7.70. The van der Waals surface area contributed by atoms with E-state index in [1.165, 1.54) is 12.1 Å². The molecule has 0 spiro atoms. The van der Waals surface area contributed by atoms with E-state index in [0.29, 0.717) is 19.3 Å². The molecule has 0 bridgehead atoms. The predicted molar refractivity (Wildman–Crippen MR) is 78.6 cm³/mol. The highest BCUT2D eigenvalue weighted by Crippen LogP contribution is 2.48. The fourth-order valence-electron chi connectivity index (χ4n) is 3.33. The summed E-state index contributed by atoms with van der Waals surface area (Å²) in [5, 5.41) is 24.3. The second kappa shape index (κ2) is 5.86. The minimum Gasteiger partial charge on any atom is -0.378 e. The van der Waals surface area contributed by atoms with Crippen molar-refractivity contribution in [3.8, 4) is 0 Å². The lowest BCUT2D eigenvalue weighted by Gasteiger charge is -2.38. The smallest absolute Gasteiger partial charge is 0.378 e. The van der Waals surface area contributed by atoms with Crippen molar-refractivity contribution in [2.75, 3.05) is 0 Å². The molecule has 8 heteroatoms. The van der Waals surface area contributed by atoms with E-state index in [-0.39, 0.29) is 22.7 Å². The lowest BCUT2D eigenvalue weighted by atomic mass is 9.80. The number of carbonyl (C=O) groups excluding carboxylic acids is 1. The number of carbonyl (C=O) groups is 1. The maximum absolute atomic E-state index is 13.6. The van der Waals surface area contributed by atoms with E-state index in [1.807, 2.05) is 0 Å². The number of aliphatic hydroxyl groups excluding tert-OH is 1. The molecule has 1 aliphatic carbocycles. The van der Waals surface area contributed by atoms with Gasteiger partial charge in [0.2, 0.25) is 0 Å². The second-order valence-electron chi connectivity index (χ2n) is 6.08. The van der Waals surface area contributed by atoms with Crippen LogP contribution in [-0.4, -0.2) is 38.7 Å². The zero-order chi connectivity index (χ0) is 17.5. The topological polar surface area (TPSA) is 73.1 Å². The van der Waals surface area contributed by atoms with Gasteiger partial charge in [0.05, 0.1) is 5.92 Å². The molecule has 1 aliphatic heterocycles. The third-order valence-electron chi connectivity index (χ3n) is 4.59. The van der Waals surface area contributed by atoms with Crippen molar-refractivity contribution in [2.24, 2.45) is 11.0 Å². The maximum atomic E-state index is 13.6. The number of hydrogen-bond acceptors (Lipinski definition) is 4. The largest absolute Gasteiger partial charge is 0.439 e. The van der Waals surface area contributed by atoms with Gasteiger partial charge in [0.1, 0.15) is 0 Å². The second-order valence-corrected chi connectivity index (χ2v) is 6.08. The Bertz CT molecular complexity index is 662. The van der Waals surface area contributed by atoms with Gasteiger partial charge in [0, 0.05) is 5.71 Å². The van der Waals surface area contributed by atoms with Gasteiger partial charge in [0.25, 0.3) is 11.6 Å². The van der Waals surface area contributed by atoms with Crippen LogP contribution in [-0.2, 0) is 4.79 Å². The summed E-state index contributed by atoms with van der Waals surface area (Å²) in [7, 11) is 0. The van der Waals surface area contributed by atoms with Gasteiger partial charge in [0.15, 0.2) is 6.10 Å². The fraction of sp³-hybridized carbons (Fsp3) is 0.500. The molecule has 1 amide bonds. The Morgan fingerprint density at radius 2 is 1.96 bits per heavy atom. The van der Waals surface area contributed by atoms with E-state index >= 15 is 0 Å². The molecule has 2 aliphatic rings. The number of hydrazone groups is 1. The average molecular weight is 342 g/mol. The number of nitrogens with zero attached hydrogens (tertiary/aromatic N) is 2. The van der Waals surface area contributed by atoms with Crippen molar-refractivity contribution in [3.05, 3.63) is 35.9 Å². The van der Waals surface area contributed by atoms with Crippen molar-refractivity contribution in [1.82, 2.24) is 5.01 Å². The number of halogens is 3. The van der Waals surface area contributed by atoms with Gasteiger partial charge in [-0.05, 0) is 24.8 Å². The van der Waals surface area contributed by atoms with Crippen LogP contribution in [0.2, 0.25) is 0 Å². The zero-order valence-corrected chi connectivity index (χ0v) is 12.7. The highest BCUT2D eigenvalue weighted by Gasteiger charge is 2.68. The molecule has 3 rings (SSSR count). The van der Waals surface area contributed by atoms with Crippen LogP contribution >= 0.6 is 0 Å². The molecule has 3 atom stereocenters. The van der Waals surface area contributed by atoms with E-state index < -0.39 is 29.8 Å². The monoisotopic (exact) mass is 342 g/mol. The molecule has 5 nitrogen and oxygen atoms in total. The average Bonchev–Trinajstić information content (AvgIpc) is 2.89. The van der Waals surface area contributed by atoms with E-state index in [1.54, 1.807) is 18.2 Å². The van der Waals surface area contributed by atoms with Crippen molar-refractivity contribution < 1.29 is 28.2 Å². The van der Waals surface area contributed by atoms with Crippen LogP contribution in [0.1, 0.15) is 37.4 Å². The van der Waals surface area contributed by atoms with Crippen LogP contribution in [0.4, 0.5) is 13.2 Å². The summed E-state index contributed by atoms with van der Waals surface area (Å²) in [6, 6.07) is 7.60. The Kier molecular flexibility index (Phi) is 4.13. The molecular weight excluding hydrogens is 325 g/mol. The van der Waals surface area contributed by atoms with E-state index in [0.717, 1.165) is 0 Å². The Morgan fingerprint density at radius 1 is 1.29 bits per heavy atom. The van der Waals surface area contributed by atoms with Crippen LogP contribution in [0.25, 0.3) is 0 Å². The summed E-state index contributed by atoms with van der Waals surface area (Å²) in [6.45, 7) is 0. The molecule has 1 aromatic carbocycles. The molecule has 24 heavy (non-hydrogen) atoms. The number of fused-ring (bicyclic) bond motifs is 1. The number of benzene rings is 1. The summed E-state index contributed by atoms with van der Waals surface area (Å²) in [5.41, 5.74) is -3.10. The van der Waals surface area contributed by atoms with Crippen LogP contribution in [0, 0.1) is 5.92 Å². The van der Waals surface area contributed by atoms with Gasteiger partial charge in [-0.15, -0.1) is 0 Å². The highest BCUT2D eigenvalue weighted by molar-refractivity contribution is 5.94. The van der Waals surface area contributed by atoms with Gasteiger partial charge >= 0.3 is 6.18 Å². The van der Waals surface area contributed by atoms with Gasteiger partial charge in [-0.2, -0.15) is 23.3 Å². The first kappa shape index (κ1) is 16.9. The molecule has 1 aromatic rings. The Labute approximate surface area is 136 Å². The molecule has 0 unspecified atom stereocenters. The zero-order valence-electron chi connectivity index (χ0n) is 12.7. The third-order valence-corrected chi connectivity index (χ3v) is 4.59. The lowest BCUT2D eigenvalue weighted by molar-refractivity contribution is -0.318. The van der Waals surface area contributed by atoms with Gasteiger partial charge < -0.3 is 10.2 Å². The number of amides is 1. The molecule has 0 radical (unpaired) electrons. The van der Waals surface area contributed by atoms with E-state index in [2.05, 4.69) is 5.10 Å². The minimum absolute atomic E-state index is 0.0377. The highest BCUT2D eigenvalue weighted by atomic mass is 19.4. The number of aliphatic hydroxyl groups is 2. The molecule has 1 saturated carbocycles. The van der Waals surface area contributed by atoms with Gasteiger partial charge in [-0.3, -0.25) is 4.79 Å². The first-order valence-electron chi connectivity index (χ1n) is 7.70. The summed E-state index contributed by atoms with van der Waals surface area (Å²) >= 11 is 0. The van der Waals surface area contributed by atoms with Crippen LogP contribution in [0.15, 0.2) is 35.4 Å². The van der Waals surface area contributed by atoms with E-state index in [9.17, 15) is 28.2 Å². The number of alkyl halides is 3. The number of hydrogen-bond donors (Lipinski definition) is 2. The quantitative estimate of drug-likeness (QED) is 0.867. The maximum Gasteiger partial charge on any atom is 0.439 e. The Morgan fingerprint density at radius 3 is 2.58 bits per heavy atom. The molecule has 2 N–H and O–H groups in total. The van der Waals surface area contributed by atoms with Crippen molar-refractivity contribution in [3.63, 3.8) is 0 Å². The summed E-state index contributed by atoms with van der Waals surface area (Å²) in [4.78, 5) is 12.5. The van der Waals surface area contributed by atoms with Crippen molar-refractivity contribution in [2.45, 2.75) is 43.7 Å². The van der Waals surface area contributed by atoms with Gasteiger partial charge in [-0.1, -0.05) is 36.8 Å². The molecular formula is C16H17F3N2O3. The third kappa shape index (κ3) is 2.50. The molecule has 130 valence electrons. The SMILES string of the molecule is O=C([C@H](O)c1ccccc1)N1N=C2CCCC[C@@H]2[C@@]1(O)C(F)(F)F. The molecule has 0 saturated heterocycles. The lowest BCUT2D eigenvalue weighted by Crippen LogP contribution is -2.62. The number of rotatable bonds is 2. The summed E-state index contributed by atoms with van der Waals surface area (Å²) in [5.74, 6) is -2.57. The molecule has 0 aromatic heterocycles. The van der Waals surface area contributed by atoms with Gasteiger partial charge in [-0.25, -0.2) is 0 Å². The van der Waals surface area contributed by atoms with Crippen LogP contribution in [0.3, 0.4) is 0 Å². The molecule has 1 fully saturated rings. The van der Waals surface area contributed by atoms with E-state index in [4.69, 9.17) is 0 Å². The fourth-order valence-corrected chi connectivity index (χ4v) is 3.33. The first-order chi connectivity index (χ1) is 11.3. The van der Waals surface area contributed by atoms with Crippen molar-refractivity contribution in [1.29, 1.82) is 0 Å². The normalized spacial score (nSPS) is 28.3. The summed E-state index contributed by atoms with van der Waals surface area (Å²) < 4.78 is 40.8. The Balaban J connectivity index is 1.98. The van der Waals surface area contributed by atoms with Crippen LogP contribution < -0.4 is 0 Å². The molecule has 1 heterocycles. The van der Waals surface area contributed by atoms with Crippen molar-refractivity contribution >= 4 is 11.6 Å².